The van der Waals surface area contributed by atoms with E-state index in [-0.39, 0.29) is 22.1 Å². The van der Waals surface area contributed by atoms with E-state index in [0.717, 1.165) is 0 Å². The fourth-order valence-electron chi connectivity index (χ4n) is 2.11. The molecule has 3 N–H and O–H groups in total. The van der Waals surface area contributed by atoms with E-state index in [0.29, 0.717) is 5.17 Å². The van der Waals surface area contributed by atoms with Gasteiger partial charge in [0.2, 0.25) is 0 Å². The zero-order valence-electron chi connectivity index (χ0n) is 12.9. The van der Waals surface area contributed by atoms with Crippen LogP contribution in [0, 0.1) is 0 Å². The highest BCUT2D eigenvalue weighted by Gasteiger charge is 2.42. The molecule has 2 rings (SSSR count). The molecule has 1 aromatic rings. The van der Waals surface area contributed by atoms with Gasteiger partial charge in [-0.15, -0.1) is 0 Å². The number of phenolic OH excluding ortho intramolecular Hbond substituents is 1. The number of benzene rings is 1. The van der Waals surface area contributed by atoms with Crippen molar-refractivity contribution >= 4 is 38.4 Å². The van der Waals surface area contributed by atoms with Crippen molar-refractivity contribution in [1.82, 2.24) is 0 Å². The van der Waals surface area contributed by atoms with Crippen LogP contribution in [0.3, 0.4) is 0 Å². The predicted molar refractivity (Wildman–Crippen MR) is 90.0 cm³/mol. The van der Waals surface area contributed by atoms with Crippen molar-refractivity contribution in [2.45, 2.75) is 36.5 Å². The summed E-state index contributed by atoms with van der Waals surface area (Å²) in [6, 6.07) is 3.01. The highest BCUT2D eigenvalue weighted by atomic mass is 32.2. The van der Waals surface area contributed by atoms with Crippen LogP contribution in [0.25, 0.3) is 0 Å². The van der Waals surface area contributed by atoms with Gasteiger partial charge in [0.1, 0.15) is 5.75 Å². The van der Waals surface area contributed by atoms with Crippen molar-refractivity contribution < 1.29 is 23.4 Å². The first-order valence-corrected chi connectivity index (χ1v) is 9.36. The highest BCUT2D eigenvalue weighted by Crippen LogP contribution is 2.39. The Bertz CT molecular complexity index is 771. The summed E-state index contributed by atoms with van der Waals surface area (Å²) in [5.41, 5.74) is 0.174. The van der Waals surface area contributed by atoms with Crippen molar-refractivity contribution in [2.24, 2.45) is 4.99 Å². The number of nitrogens with one attached hydrogen (secondary N) is 1. The first kappa shape index (κ1) is 17.6. The summed E-state index contributed by atoms with van der Waals surface area (Å²) in [6.45, 7) is 5.05. The van der Waals surface area contributed by atoms with Crippen LogP contribution in [0.5, 0.6) is 5.75 Å². The third-order valence-corrected chi connectivity index (χ3v) is 6.33. The lowest BCUT2D eigenvalue weighted by molar-refractivity contribution is -0.138. The van der Waals surface area contributed by atoms with Crippen LogP contribution in [-0.2, 0) is 14.6 Å². The standard InChI is InChI=1S/C14H18N2O5S2/c1-4-23(20,21)8-5-6-10(17)9(7-8)15-13-16-11(12(18)19)14(2,3)22-13/h5-7,11,17H,4H2,1-3H3,(H,15,16)(H,18,19)/t11-/m0/s1. The Morgan fingerprint density at radius 1 is 1.43 bits per heavy atom. The maximum Gasteiger partial charge on any atom is 0.329 e. The molecule has 1 heterocycles. The van der Waals surface area contributed by atoms with E-state index in [9.17, 15) is 23.4 Å². The molecule has 9 heteroatoms. The third-order valence-electron chi connectivity index (χ3n) is 3.45. The molecule has 0 fully saturated rings. The van der Waals surface area contributed by atoms with Crippen LogP contribution < -0.4 is 5.32 Å². The second-order valence-corrected chi connectivity index (χ2v) is 9.51. The third kappa shape index (κ3) is 3.61. The molecule has 1 aromatic carbocycles. The number of rotatable bonds is 4. The van der Waals surface area contributed by atoms with Crippen LogP contribution in [0.1, 0.15) is 20.8 Å². The SMILES string of the molecule is CCS(=O)(=O)c1ccc(O)c(NC2=N[C@@H](C(=O)O)C(C)(C)S2)c1. The molecule has 0 radical (unpaired) electrons. The minimum absolute atomic E-state index is 0.0545. The Kier molecular flexibility index (Phi) is 4.63. The Hall–Kier alpha value is -1.74. The number of carbonyl (C=O) groups is 1. The first-order chi connectivity index (χ1) is 10.6. The molecule has 0 aromatic heterocycles. The summed E-state index contributed by atoms with van der Waals surface area (Å²) >= 11 is 1.22. The number of phenols is 1. The molecule has 0 spiro atoms. The summed E-state index contributed by atoms with van der Waals surface area (Å²) < 4.78 is 23.2. The van der Waals surface area contributed by atoms with Gasteiger partial charge in [-0.05, 0) is 32.0 Å². The topological polar surface area (TPSA) is 116 Å². The van der Waals surface area contributed by atoms with Crippen LogP contribution in [-0.4, -0.2) is 46.3 Å². The second-order valence-electron chi connectivity index (χ2n) is 5.59. The van der Waals surface area contributed by atoms with Gasteiger partial charge in [0, 0.05) is 0 Å². The summed E-state index contributed by atoms with van der Waals surface area (Å²) in [7, 11) is -3.41. The summed E-state index contributed by atoms with van der Waals surface area (Å²) in [4.78, 5) is 15.4. The number of thioether (sulfide) groups is 1. The Labute approximate surface area is 138 Å². The van der Waals surface area contributed by atoms with Crippen molar-refractivity contribution in [2.75, 3.05) is 11.1 Å². The van der Waals surface area contributed by atoms with Crippen LogP contribution in [0.4, 0.5) is 5.69 Å². The number of aromatic hydroxyl groups is 1. The highest BCUT2D eigenvalue weighted by molar-refractivity contribution is 8.15. The van der Waals surface area contributed by atoms with E-state index in [4.69, 9.17) is 0 Å². The molecule has 0 saturated heterocycles. The van der Waals surface area contributed by atoms with Gasteiger partial charge in [0.05, 0.1) is 21.1 Å². The van der Waals surface area contributed by atoms with Crippen molar-refractivity contribution in [3.05, 3.63) is 18.2 Å². The lowest BCUT2D eigenvalue weighted by atomic mass is 10.0. The molecule has 23 heavy (non-hydrogen) atoms. The van der Waals surface area contributed by atoms with Gasteiger partial charge in [0.25, 0.3) is 0 Å². The summed E-state index contributed by atoms with van der Waals surface area (Å²) in [5.74, 6) is -1.23. The minimum atomic E-state index is -3.41. The van der Waals surface area contributed by atoms with Crippen LogP contribution in [0.2, 0.25) is 0 Å². The molecule has 0 unspecified atom stereocenters. The first-order valence-electron chi connectivity index (χ1n) is 6.89. The number of sulfone groups is 1. The van der Waals surface area contributed by atoms with Gasteiger partial charge in [-0.1, -0.05) is 18.7 Å². The Morgan fingerprint density at radius 2 is 2.09 bits per heavy atom. The van der Waals surface area contributed by atoms with Gasteiger partial charge in [0.15, 0.2) is 21.0 Å². The van der Waals surface area contributed by atoms with Crippen molar-refractivity contribution in [1.29, 1.82) is 0 Å². The quantitative estimate of drug-likeness (QED) is 0.704. The second kappa shape index (κ2) is 6.04. The largest absolute Gasteiger partial charge is 0.506 e. The van der Waals surface area contributed by atoms with E-state index in [1.165, 1.54) is 36.9 Å². The van der Waals surface area contributed by atoms with Gasteiger partial charge >= 0.3 is 5.97 Å². The molecule has 0 aliphatic carbocycles. The van der Waals surface area contributed by atoms with E-state index in [2.05, 4.69) is 10.3 Å². The number of aliphatic imine (C=N–C) groups is 1. The minimum Gasteiger partial charge on any atom is -0.506 e. The Morgan fingerprint density at radius 3 is 2.61 bits per heavy atom. The normalized spacial score (nSPS) is 20.1. The van der Waals surface area contributed by atoms with Gasteiger partial charge in [-0.3, -0.25) is 0 Å². The van der Waals surface area contributed by atoms with Gasteiger partial charge < -0.3 is 15.5 Å². The molecule has 0 amide bonds. The van der Waals surface area contributed by atoms with E-state index >= 15 is 0 Å². The summed E-state index contributed by atoms with van der Waals surface area (Å²) in [6.07, 6.45) is 0. The molecule has 0 bridgehead atoms. The number of carboxylic acid groups (broad SMARTS) is 1. The van der Waals surface area contributed by atoms with E-state index < -0.39 is 26.6 Å². The molecular weight excluding hydrogens is 340 g/mol. The van der Waals surface area contributed by atoms with E-state index in [1.807, 2.05) is 0 Å². The fourth-order valence-corrected chi connectivity index (χ4v) is 4.09. The maximum atomic E-state index is 11.9. The van der Waals surface area contributed by atoms with Crippen LogP contribution in [0.15, 0.2) is 28.1 Å². The fraction of sp³-hybridized carbons (Fsp3) is 0.429. The number of aliphatic carboxylic acids is 1. The molecule has 126 valence electrons. The zero-order chi connectivity index (χ0) is 17.4. The van der Waals surface area contributed by atoms with Crippen molar-refractivity contribution in [3.8, 4) is 5.75 Å². The molecule has 1 atom stereocenters. The predicted octanol–water partition coefficient (Wildman–Crippen LogP) is 1.93. The number of carboxylic acids is 1. The molecule has 1 aliphatic heterocycles. The monoisotopic (exact) mass is 358 g/mol. The smallest absolute Gasteiger partial charge is 0.329 e. The average molecular weight is 358 g/mol. The van der Waals surface area contributed by atoms with Crippen LogP contribution >= 0.6 is 11.8 Å². The number of anilines is 1. The Balaban J connectivity index is 2.33. The number of nitrogens with zero attached hydrogens (tertiary/aromatic N) is 1. The lowest BCUT2D eigenvalue weighted by Gasteiger charge is -2.20. The average Bonchev–Trinajstić information content (AvgIpc) is 2.76. The number of amidine groups is 1. The van der Waals surface area contributed by atoms with Crippen molar-refractivity contribution in [3.63, 3.8) is 0 Å². The molecule has 1 aliphatic rings. The number of hydrogen-bond acceptors (Lipinski definition) is 7. The maximum absolute atomic E-state index is 11.9. The van der Waals surface area contributed by atoms with Gasteiger partial charge in [-0.25, -0.2) is 18.2 Å². The summed E-state index contributed by atoms with van der Waals surface area (Å²) in [5, 5.41) is 22.2. The van der Waals surface area contributed by atoms with E-state index in [1.54, 1.807) is 13.8 Å². The lowest BCUT2D eigenvalue weighted by Crippen LogP contribution is -2.34. The molecular formula is C14H18N2O5S2. The van der Waals surface area contributed by atoms with Gasteiger partial charge in [-0.2, -0.15) is 0 Å². The number of hydrogen-bond donors (Lipinski definition) is 3. The molecule has 7 nitrogen and oxygen atoms in total. The molecule has 0 saturated carbocycles. The zero-order valence-corrected chi connectivity index (χ0v) is 14.5.